The molecular formula is C17H26O7. The van der Waals surface area contributed by atoms with Gasteiger partial charge in [-0.05, 0) is 30.4 Å². The number of aliphatic hydroxyl groups is 6. The van der Waals surface area contributed by atoms with Crippen molar-refractivity contribution in [1.82, 2.24) is 0 Å². The molecule has 3 rings (SSSR count). The van der Waals surface area contributed by atoms with Crippen molar-refractivity contribution in [3.63, 3.8) is 0 Å². The number of aliphatic hydroxyl groups excluding tert-OH is 5. The van der Waals surface area contributed by atoms with Crippen LogP contribution >= 0.6 is 0 Å². The molecule has 136 valence electrons. The smallest absolute Gasteiger partial charge is 0.119 e. The molecule has 2 aliphatic carbocycles. The summed E-state index contributed by atoms with van der Waals surface area (Å²) in [6, 6.07) is 0. The number of rotatable bonds is 3. The molecule has 0 aromatic rings. The molecule has 6 N–H and O–H groups in total. The van der Waals surface area contributed by atoms with Crippen LogP contribution in [0.15, 0.2) is 23.5 Å². The van der Waals surface area contributed by atoms with Gasteiger partial charge in [0.2, 0.25) is 0 Å². The van der Waals surface area contributed by atoms with Crippen molar-refractivity contribution in [3.8, 4) is 0 Å². The maximum atomic E-state index is 10.9. The van der Waals surface area contributed by atoms with Gasteiger partial charge >= 0.3 is 0 Å². The minimum absolute atomic E-state index is 0.0591. The Morgan fingerprint density at radius 3 is 2.33 bits per heavy atom. The molecule has 0 aromatic heterocycles. The highest BCUT2D eigenvalue weighted by atomic mass is 16.6. The molecule has 6 atom stereocenters. The van der Waals surface area contributed by atoms with E-state index in [9.17, 15) is 30.6 Å². The lowest BCUT2D eigenvalue weighted by atomic mass is 9.77. The van der Waals surface area contributed by atoms with Gasteiger partial charge in [0.1, 0.15) is 36.1 Å². The van der Waals surface area contributed by atoms with Crippen molar-refractivity contribution in [2.24, 2.45) is 5.92 Å². The molecule has 0 radical (unpaired) electrons. The average molecular weight is 342 g/mol. The summed E-state index contributed by atoms with van der Waals surface area (Å²) >= 11 is 0. The first-order valence-corrected chi connectivity index (χ1v) is 8.51. The van der Waals surface area contributed by atoms with Gasteiger partial charge < -0.3 is 35.4 Å². The van der Waals surface area contributed by atoms with Crippen LogP contribution in [-0.2, 0) is 4.74 Å². The molecule has 0 spiro atoms. The maximum absolute atomic E-state index is 10.9. The van der Waals surface area contributed by atoms with Crippen LogP contribution in [0.5, 0.6) is 0 Å². The highest BCUT2D eigenvalue weighted by Gasteiger charge is 2.52. The molecule has 3 aliphatic rings. The van der Waals surface area contributed by atoms with E-state index in [0.717, 1.165) is 31.3 Å². The quantitative estimate of drug-likeness (QED) is 0.408. The molecule has 2 unspecified atom stereocenters. The molecule has 7 nitrogen and oxygen atoms in total. The molecule has 0 amide bonds. The Morgan fingerprint density at radius 1 is 1.08 bits per heavy atom. The molecule has 2 fully saturated rings. The molecule has 24 heavy (non-hydrogen) atoms. The summed E-state index contributed by atoms with van der Waals surface area (Å²) < 4.78 is 5.44. The van der Waals surface area contributed by atoms with Gasteiger partial charge in [0.05, 0.1) is 12.4 Å². The maximum Gasteiger partial charge on any atom is 0.119 e. The summed E-state index contributed by atoms with van der Waals surface area (Å²) in [7, 11) is 0. The third-order valence-corrected chi connectivity index (χ3v) is 5.52. The van der Waals surface area contributed by atoms with E-state index in [1.165, 1.54) is 6.08 Å². The standard InChI is InChI=1S/C17H26O7/c18-8-12-13(20)14(21)15(22)16(24-12)17(23)6-5-10(11(19)7-17)9-3-1-2-4-9/h5-6,9,12-16,18-23H,1-4,7-8H2/t12-,13-,14+,15-,16?,17?/m1/s1. The SMILES string of the molecule is OC[C@H]1OC(C2(O)C=CC(C3CCCC3)=C(O)C2)[C@H](O)[C@@H](O)[C@@H]1O. The summed E-state index contributed by atoms with van der Waals surface area (Å²) in [4.78, 5) is 0. The monoisotopic (exact) mass is 342 g/mol. The Labute approximate surface area is 140 Å². The lowest BCUT2D eigenvalue weighted by Gasteiger charge is -2.46. The van der Waals surface area contributed by atoms with Crippen molar-refractivity contribution in [1.29, 1.82) is 0 Å². The van der Waals surface area contributed by atoms with Crippen LogP contribution in [0.2, 0.25) is 0 Å². The van der Waals surface area contributed by atoms with Gasteiger partial charge in [0.25, 0.3) is 0 Å². The predicted octanol–water partition coefficient (Wildman–Crippen LogP) is -0.478. The molecule has 0 aromatic carbocycles. The normalized spacial score (nSPS) is 44.3. The molecule has 1 aliphatic heterocycles. The van der Waals surface area contributed by atoms with E-state index in [2.05, 4.69) is 0 Å². The molecular weight excluding hydrogens is 316 g/mol. The highest BCUT2D eigenvalue weighted by molar-refractivity contribution is 5.35. The minimum Gasteiger partial charge on any atom is -0.512 e. The predicted molar refractivity (Wildman–Crippen MR) is 84.1 cm³/mol. The van der Waals surface area contributed by atoms with Gasteiger partial charge in [-0.15, -0.1) is 0 Å². The van der Waals surface area contributed by atoms with E-state index >= 15 is 0 Å². The van der Waals surface area contributed by atoms with E-state index in [0.29, 0.717) is 0 Å². The summed E-state index contributed by atoms with van der Waals surface area (Å²) in [5, 5.41) is 60.5. The fourth-order valence-electron chi connectivity index (χ4n) is 4.08. The van der Waals surface area contributed by atoms with E-state index in [1.807, 2.05) is 0 Å². The lowest BCUT2D eigenvalue weighted by Crippen LogP contribution is -2.65. The van der Waals surface area contributed by atoms with Crippen molar-refractivity contribution >= 4 is 0 Å². The van der Waals surface area contributed by atoms with Gasteiger partial charge in [-0.2, -0.15) is 0 Å². The van der Waals surface area contributed by atoms with Crippen LogP contribution in [-0.4, -0.2) is 73.4 Å². The topological polar surface area (TPSA) is 131 Å². The Morgan fingerprint density at radius 2 is 1.75 bits per heavy atom. The number of hydrogen-bond donors (Lipinski definition) is 6. The zero-order valence-corrected chi connectivity index (χ0v) is 13.5. The Balaban J connectivity index is 1.80. The van der Waals surface area contributed by atoms with Crippen LogP contribution in [0.25, 0.3) is 0 Å². The van der Waals surface area contributed by atoms with E-state index in [1.54, 1.807) is 6.08 Å². The van der Waals surface area contributed by atoms with Gasteiger partial charge in [-0.25, -0.2) is 0 Å². The van der Waals surface area contributed by atoms with Gasteiger partial charge in [-0.1, -0.05) is 18.9 Å². The van der Waals surface area contributed by atoms with Crippen LogP contribution in [0.1, 0.15) is 32.1 Å². The second-order valence-electron chi connectivity index (χ2n) is 7.13. The zero-order chi connectivity index (χ0) is 17.5. The van der Waals surface area contributed by atoms with E-state index in [-0.39, 0.29) is 18.1 Å². The molecule has 1 heterocycles. The first-order valence-electron chi connectivity index (χ1n) is 8.51. The van der Waals surface area contributed by atoms with Gasteiger partial charge in [-0.3, -0.25) is 0 Å². The summed E-state index contributed by atoms with van der Waals surface area (Å²) in [6.07, 6.45) is 0.309. The Hall–Kier alpha value is -0.960. The lowest BCUT2D eigenvalue weighted by molar-refractivity contribution is -0.262. The summed E-state index contributed by atoms with van der Waals surface area (Å²) in [5.41, 5.74) is -0.915. The number of ether oxygens (including phenoxy) is 1. The Kier molecular flexibility index (Phi) is 5.01. The second-order valence-corrected chi connectivity index (χ2v) is 7.13. The largest absolute Gasteiger partial charge is 0.512 e. The van der Waals surface area contributed by atoms with Crippen LogP contribution in [0.3, 0.4) is 0 Å². The van der Waals surface area contributed by atoms with Crippen LogP contribution in [0, 0.1) is 5.92 Å². The van der Waals surface area contributed by atoms with Crippen molar-refractivity contribution < 1.29 is 35.4 Å². The Bertz CT molecular complexity index is 523. The second kappa shape index (κ2) is 6.74. The van der Waals surface area contributed by atoms with E-state index in [4.69, 9.17) is 4.74 Å². The number of allylic oxidation sites excluding steroid dienone is 2. The van der Waals surface area contributed by atoms with Crippen LogP contribution in [0.4, 0.5) is 0 Å². The molecule has 1 saturated carbocycles. The summed E-state index contributed by atoms with van der Waals surface area (Å²) in [6.45, 7) is -0.559. The molecule has 0 bridgehead atoms. The third kappa shape index (κ3) is 3.00. The van der Waals surface area contributed by atoms with Crippen LogP contribution < -0.4 is 0 Å². The molecule has 1 saturated heterocycles. The first-order chi connectivity index (χ1) is 11.4. The highest BCUT2D eigenvalue weighted by Crippen LogP contribution is 2.40. The fourth-order valence-corrected chi connectivity index (χ4v) is 4.08. The third-order valence-electron chi connectivity index (χ3n) is 5.52. The molecule has 7 heteroatoms. The number of hydrogen-bond acceptors (Lipinski definition) is 7. The zero-order valence-electron chi connectivity index (χ0n) is 13.5. The fraction of sp³-hybridized carbons (Fsp3) is 0.765. The first kappa shape index (κ1) is 17.8. The average Bonchev–Trinajstić information content (AvgIpc) is 3.07. The van der Waals surface area contributed by atoms with Crippen molar-refractivity contribution in [2.75, 3.05) is 6.61 Å². The van der Waals surface area contributed by atoms with Crippen molar-refractivity contribution in [2.45, 2.75) is 68.2 Å². The van der Waals surface area contributed by atoms with Crippen molar-refractivity contribution in [3.05, 3.63) is 23.5 Å². The van der Waals surface area contributed by atoms with E-state index < -0.39 is 42.7 Å². The summed E-state index contributed by atoms with van der Waals surface area (Å²) in [5.74, 6) is 0.337. The minimum atomic E-state index is -1.72. The van der Waals surface area contributed by atoms with Gasteiger partial charge in [0, 0.05) is 6.42 Å². The van der Waals surface area contributed by atoms with Gasteiger partial charge in [0.15, 0.2) is 0 Å².